The van der Waals surface area contributed by atoms with Gasteiger partial charge in [0.25, 0.3) is 0 Å². The van der Waals surface area contributed by atoms with Crippen LogP contribution in [-0.2, 0) is 4.79 Å². The molecule has 128 valence electrons. The van der Waals surface area contributed by atoms with Crippen LogP contribution in [0.4, 0.5) is 0 Å². The van der Waals surface area contributed by atoms with Gasteiger partial charge in [-0.2, -0.15) is 0 Å². The predicted octanol–water partition coefficient (Wildman–Crippen LogP) is 5.10. The molecule has 0 aliphatic heterocycles. The molecule has 2 aromatic carbocycles. The van der Waals surface area contributed by atoms with Crippen LogP contribution >= 0.6 is 23.4 Å². The van der Waals surface area contributed by atoms with Crippen molar-refractivity contribution in [3.63, 3.8) is 0 Å². The third-order valence-electron chi connectivity index (χ3n) is 3.55. The maximum atomic E-state index is 12.4. The number of thioether (sulfide) groups is 1. The largest absolute Gasteiger partial charge is 0.494 e. The Labute approximate surface area is 152 Å². The Hall–Kier alpha value is -1.65. The van der Waals surface area contributed by atoms with E-state index in [2.05, 4.69) is 5.32 Å². The number of halogens is 1. The molecule has 0 aromatic heterocycles. The molecule has 0 bridgehead atoms. The summed E-state index contributed by atoms with van der Waals surface area (Å²) >= 11 is 7.40. The monoisotopic (exact) mass is 363 g/mol. The molecule has 0 saturated carbocycles. The minimum absolute atomic E-state index is 0.0105. The molecule has 3 nitrogen and oxygen atoms in total. The molecule has 1 amide bonds. The number of amides is 1. The highest BCUT2D eigenvalue weighted by atomic mass is 35.5. The second-order valence-electron chi connectivity index (χ2n) is 5.45. The molecule has 2 atom stereocenters. The summed E-state index contributed by atoms with van der Waals surface area (Å²) in [6.07, 6.45) is 0. The van der Waals surface area contributed by atoms with Crippen molar-refractivity contribution in [3.8, 4) is 5.75 Å². The maximum Gasteiger partial charge on any atom is 0.233 e. The van der Waals surface area contributed by atoms with Crippen molar-refractivity contribution >= 4 is 29.3 Å². The summed E-state index contributed by atoms with van der Waals surface area (Å²) < 4.78 is 5.43. The van der Waals surface area contributed by atoms with Gasteiger partial charge in [-0.1, -0.05) is 23.7 Å². The van der Waals surface area contributed by atoms with E-state index in [0.29, 0.717) is 11.6 Å². The number of nitrogens with one attached hydrogen (secondary N) is 1. The van der Waals surface area contributed by atoms with Gasteiger partial charge < -0.3 is 10.1 Å². The molecule has 24 heavy (non-hydrogen) atoms. The standard InChI is InChI=1S/C19H22ClNO2S/c1-4-23-17-9-5-15(6-10-17)13(2)21-19(22)14(3)24-18-11-7-16(20)8-12-18/h5-14H,4H2,1-3H3,(H,21,22)/t13-,14-/m0/s1. The smallest absolute Gasteiger partial charge is 0.233 e. The summed E-state index contributed by atoms with van der Waals surface area (Å²) in [5.41, 5.74) is 1.05. The lowest BCUT2D eigenvalue weighted by Gasteiger charge is -2.18. The van der Waals surface area contributed by atoms with Gasteiger partial charge in [0, 0.05) is 9.92 Å². The van der Waals surface area contributed by atoms with Gasteiger partial charge in [0.1, 0.15) is 5.75 Å². The van der Waals surface area contributed by atoms with E-state index in [4.69, 9.17) is 16.3 Å². The third-order valence-corrected chi connectivity index (χ3v) is 4.91. The zero-order chi connectivity index (χ0) is 17.5. The summed E-state index contributed by atoms with van der Waals surface area (Å²) in [6.45, 7) is 6.48. The number of ether oxygens (including phenoxy) is 1. The quantitative estimate of drug-likeness (QED) is 0.696. The SMILES string of the molecule is CCOc1ccc([C@H](C)NC(=O)[C@H](C)Sc2ccc(Cl)cc2)cc1. The van der Waals surface area contributed by atoms with Crippen LogP contribution in [0.15, 0.2) is 53.4 Å². The Bertz CT molecular complexity index is 658. The molecule has 0 aliphatic rings. The Kier molecular flexibility index (Phi) is 7.00. The van der Waals surface area contributed by atoms with Crippen molar-refractivity contribution in [3.05, 3.63) is 59.1 Å². The van der Waals surface area contributed by atoms with Crippen molar-refractivity contribution in [1.29, 1.82) is 0 Å². The summed E-state index contributed by atoms with van der Waals surface area (Å²) in [5, 5.41) is 3.56. The Morgan fingerprint density at radius 1 is 1.12 bits per heavy atom. The fourth-order valence-corrected chi connectivity index (χ4v) is 3.21. The van der Waals surface area contributed by atoms with Crippen LogP contribution in [-0.4, -0.2) is 17.8 Å². The van der Waals surface area contributed by atoms with Gasteiger partial charge in [-0.15, -0.1) is 11.8 Å². The molecule has 0 unspecified atom stereocenters. The number of rotatable bonds is 7. The van der Waals surface area contributed by atoms with E-state index >= 15 is 0 Å². The predicted molar refractivity (Wildman–Crippen MR) is 101 cm³/mol. The molecule has 0 heterocycles. The molecule has 0 saturated heterocycles. The zero-order valence-electron chi connectivity index (χ0n) is 14.1. The average Bonchev–Trinajstić information content (AvgIpc) is 2.57. The first kappa shape index (κ1) is 18.7. The molecule has 1 N–H and O–H groups in total. The highest BCUT2D eigenvalue weighted by Gasteiger charge is 2.17. The van der Waals surface area contributed by atoms with Crippen LogP contribution in [0.2, 0.25) is 5.02 Å². The molecule has 0 aliphatic carbocycles. The van der Waals surface area contributed by atoms with Crippen LogP contribution in [0, 0.1) is 0 Å². The summed E-state index contributed by atoms with van der Waals surface area (Å²) in [5.74, 6) is 0.850. The lowest BCUT2D eigenvalue weighted by molar-refractivity contribution is -0.120. The summed E-state index contributed by atoms with van der Waals surface area (Å²) in [7, 11) is 0. The number of hydrogen-bond acceptors (Lipinski definition) is 3. The highest BCUT2D eigenvalue weighted by molar-refractivity contribution is 8.00. The zero-order valence-corrected chi connectivity index (χ0v) is 15.7. The molecule has 0 spiro atoms. The average molecular weight is 364 g/mol. The lowest BCUT2D eigenvalue weighted by atomic mass is 10.1. The molecule has 2 aromatic rings. The third kappa shape index (κ3) is 5.46. The summed E-state index contributed by atoms with van der Waals surface area (Å²) in [6, 6.07) is 15.3. The van der Waals surface area contributed by atoms with Crippen molar-refractivity contribution < 1.29 is 9.53 Å². The van der Waals surface area contributed by atoms with Crippen molar-refractivity contribution in [2.24, 2.45) is 0 Å². The van der Waals surface area contributed by atoms with Crippen LogP contribution in [0.1, 0.15) is 32.4 Å². The van der Waals surface area contributed by atoms with E-state index in [9.17, 15) is 4.79 Å². The number of carbonyl (C=O) groups is 1. The van der Waals surface area contributed by atoms with Gasteiger partial charge in [0.2, 0.25) is 5.91 Å². The highest BCUT2D eigenvalue weighted by Crippen LogP contribution is 2.25. The fraction of sp³-hybridized carbons (Fsp3) is 0.316. The van der Waals surface area contributed by atoms with E-state index in [1.54, 1.807) is 0 Å². The van der Waals surface area contributed by atoms with Crippen molar-refractivity contribution in [1.82, 2.24) is 5.32 Å². The van der Waals surface area contributed by atoms with E-state index in [0.717, 1.165) is 16.2 Å². The number of carbonyl (C=O) groups excluding carboxylic acids is 1. The van der Waals surface area contributed by atoms with Crippen molar-refractivity contribution in [2.45, 2.75) is 37.0 Å². The molecular formula is C19H22ClNO2S. The first-order chi connectivity index (χ1) is 11.5. The van der Waals surface area contributed by atoms with Gasteiger partial charge in [-0.25, -0.2) is 0 Å². The van der Waals surface area contributed by atoms with Crippen LogP contribution < -0.4 is 10.1 Å². The second kappa shape index (κ2) is 9.00. The van der Waals surface area contributed by atoms with Crippen molar-refractivity contribution in [2.75, 3.05) is 6.61 Å². The van der Waals surface area contributed by atoms with Gasteiger partial charge in [0.15, 0.2) is 0 Å². The van der Waals surface area contributed by atoms with E-state index in [-0.39, 0.29) is 17.2 Å². The number of hydrogen-bond donors (Lipinski definition) is 1. The topological polar surface area (TPSA) is 38.3 Å². The van der Waals surface area contributed by atoms with Crippen LogP contribution in [0.25, 0.3) is 0 Å². The first-order valence-corrected chi connectivity index (χ1v) is 9.20. The van der Waals surface area contributed by atoms with E-state index < -0.39 is 0 Å². The molecule has 0 radical (unpaired) electrons. The molecule has 0 fully saturated rings. The fourth-order valence-electron chi connectivity index (χ4n) is 2.20. The Morgan fingerprint density at radius 2 is 1.75 bits per heavy atom. The molecule has 2 rings (SSSR count). The Balaban J connectivity index is 1.91. The maximum absolute atomic E-state index is 12.4. The summed E-state index contributed by atoms with van der Waals surface area (Å²) in [4.78, 5) is 13.4. The van der Waals surface area contributed by atoms with E-state index in [1.165, 1.54) is 11.8 Å². The minimum Gasteiger partial charge on any atom is -0.494 e. The van der Waals surface area contributed by atoms with Crippen LogP contribution in [0.3, 0.4) is 0 Å². The number of benzene rings is 2. The first-order valence-electron chi connectivity index (χ1n) is 7.95. The van der Waals surface area contributed by atoms with Gasteiger partial charge >= 0.3 is 0 Å². The van der Waals surface area contributed by atoms with Gasteiger partial charge in [-0.3, -0.25) is 4.79 Å². The van der Waals surface area contributed by atoms with Crippen LogP contribution in [0.5, 0.6) is 5.75 Å². The lowest BCUT2D eigenvalue weighted by Crippen LogP contribution is -2.33. The van der Waals surface area contributed by atoms with Gasteiger partial charge in [0.05, 0.1) is 17.9 Å². The molecular weight excluding hydrogens is 342 g/mol. The second-order valence-corrected chi connectivity index (χ2v) is 7.30. The van der Waals surface area contributed by atoms with E-state index in [1.807, 2.05) is 69.3 Å². The van der Waals surface area contributed by atoms with Gasteiger partial charge in [-0.05, 0) is 62.7 Å². The normalized spacial score (nSPS) is 13.2. The Morgan fingerprint density at radius 3 is 2.33 bits per heavy atom. The molecule has 5 heteroatoms. The minimum atomic E-state index is -0.184.